The van der Waals surface area contributed by atoms with Gasteiger partial charge in [-0.25, -0.2) is 4.39 Å². The molecule has 0 radical (unpaired) electrons. The number of imide groups is 1. The summed E-state index contributed by atoms with van der Waals surface area (Å²) in [7, 11) is 0. The third kappa shape index (κ3) is 5.72. The van der Waals surface area contributed by atoms with E-state index in [-0.39, 0.29) is 11.6 Å². The van der Waals surface area contributed by atoms with Crippen LogP contribution in [-0.4, -0.2) is 29.3 Å². The Hall–Kier alpha value is -1.78. The number of halogens is 3. The molecule has 2 aromatic carbocycles. The maximum absolute atomic E-state index is 13.3. The first-order chi connectivity index (χ1) is 14.8. The standard InChI is InChI=1S/C22H20ClFINO4S/c1-3-7-30-20-17(25)8-13(9-18(20)29-4-2)10-19-21(27)26(22(28)31-19)12-14-5-6-15(24)11-16(14)23/h5-6,8-11H,3-4,7,12H2,1-2H3/b19-10-. The van der Waals surface area contributed by atoms with Gasteiger partial charge in [-0.05, 0) is 89.2 Å². The van der Waals surface area contributed by atoms with Crippen molar-refractivity contribution in [1.29, 1.82) is 0 Å². The highest BCUT2D eigenvalue weighted by Gasteiger charge is 2.35. The van der Waals surface area contributed by atoms with Crippen LogP contribution in [0.3, 0.4) is 0 Å². The summed E-state index contributed by atoms with van der Waals surface area (Å²) >= 11 is 9.07. The monoisotopic (exact) mass is 575 g/mol. The van der Waals surface area contributed by atoms with Crippen LogP contribution in [0.5, 0.6) is 11.5 Å². The molecule has 1 fully saturated rings. The van der Waals surface area contributed by atoms with Gasteiger partial charge in [0, 0.05) is 5.02 Å². The summed E-state index contributed by atoms with van der Waals surface area (Å²) in [6, 6.07) is 7.54. The zero-order valence-corrected chi connectivity index (χ0v) is 20.6. The maximum atomic E-state index is 13.3. The van der Waals surface area contributed by atoms with Crippen molar-refractivity contribution in [3.63, 3.8) is 0 Å². The first-order valence-corrected chi connectivity index (χ1v) is 11.9. The minimum atomic E-state index is -0.478. The van der Waals surface area contributed by atoms with Gasteiger partial charge in [-0.15, -0.1) is 0 Å². The molecule has 3 rings (SSSR count). The zero-order chi connectivity index (χ0) is 22.5. The largest absolute Gasteiger partial charge is 0.490 e. The molecular formula is C22H20ClFINO4S. The highest BCUT2D eigenvalue weighted by Crippen LogP contribution is 2.38. The van der Waals surface area contributed by atoms with Crippen molar-refractivity contribution in [2.24, 2.45) is 0 Å². The van der Waals surface area contributed by atoms with E-state index in [4.69, 9.17) is 21.1 Å². The molecule has 0 saturated carbocycles. The third-order valence-electron chi connectivity index (χ3n) is 4.30. The number of nitrogens with zero attached hydrogens (tertiary/aromatic N) is 1. The number of hydrogen-bond donors (Lipinski definition) is 0. The Morgan fingerprint density at radius 1 is 1.19 bits per heavy atom. The normalized spacial score (nSPS) is 15.1. The predicted octanol–water partition coefficient (Wildman–Crippen LogP) is 6.51. The lowest BCUT2D eigenvalue weighted by Gasteiger charge is -2.14. The van der Waals surface area contributed by atoms with Crippen LogP contribution in [0.25, 0.3) is 6.08 Å². The fraction of sp³-hybridized carbons (Fsp3) is 0.273. The fourth-order valence-corrected chi connectivity index (χ4v) is 4.73. The first kappa shape index (κ1) is 23.9. The molecular weight excluding hydrogens is 556 g/mol. The second-order valence-corrected chi connectivity index (χ2v) is 9.18. The summed E-state index contributed by atoms with van der Waals surface area (Å²) in [6.07, 6.45) is 2.53. The Morgan fingerprint density at radius 3 is 2.65 bits per heavy atom. The van der Waals surface area contributed by atoms with Gasteiger partial charge in [0.05, 0.1) is 28.2 Å². The van der Waals surface area contributed by atoms with Crippen LogP contribution in [0.1, 0.15) is 31.4 Å². The van der Waals surface area contributed by atoms with E-state index in [1.54, 1.807) is 12.1 Å². The van der Waals surface area contributed by atoms with Crippen molar-refractivity contribution >= 4 is 63.2 Å². The van der Waals surface area contributed by atoms with Crippen LogP contribution in [-0.2, 0) is 11.3 Å². The Labute approximate surface area is 203 Å². The number of amides is 2. The molecule has 9 heteroatoms. The van der Waals surface area contributed by atoms with Gasteiger partial charge < -0.3 is 9.47 Å². The van der Waals surface area contributed by atoms with Gasteiger partial charge >= 0.3 is 0 Å². The molecule has 1 heterocycles. The minimum absolute atomic E-state index is 0.0212. The second kappa shape index (κ2) is 10.7. The zero-order valence-electron chi connectivity index (χ0n) is 16.9. The average molecular weight is 576 g/mol. The van der Waals surface area contributed by atoms with Crippen molar-refractivity contribution in [3.05, 3.63) is 60.8 Å². The van der Waals surface area contributed by atoms with E-state index in [9.17, 15) is 14.0 Å². The number of benzene rings is 2. The Morgan fingerprint density at radius 2 is 1.97 bits per heavy atom. The molecule has 0 aromatic heterocycles. The number of carbonyl (C=O) groups is 2. The SMILES string of the molecule is CCCOc1c(I)cc(/C=C2\SC(=O)N(Cc3ccc(F)cc3Cl)C2=O)cc1OCC. The van der Waals surface area contributed by atoms with Gasteiger partial charge in [-0.2, -0.15) is 0 Å². The van der Waals surface area contributed by atoms with Crippen molar-refractivity contribution in [3.8, 4) is 11.5 Å². The van der Waals surface area contributed by atoms with Crippen LogP contribution < -0.4 is 9.47 Å². The van der Waals surface area contributed by atoms with Gasteiger partial charge in [0.1, 0.15) is 5.82 Å². The quantitative estimate of drug-likeness (QED) is 0.265. The van der Waals surface area contributed by atoms with Gasteiger partial charge in [-0.3, -0.25) is 14.5 Å². The Kier molecular flexibility index (Phi) is 8.23. The van der Waals surface area contributed by atoms with E-state index in [0.29, 0.717) is 35.2 Å². The number of hydrogen-bond acceptors (Lipinski definition) is 5. The van der Waals surface area contributed by atoms with Crippen molar-refractivity contribution < 1.29 is 23.5 Å². The molecule has 1 aliphatic rings. The number of rotatable bonds is 8. The predicted molar refractivity (Wildman–Crippen MR) is 129 cm³/mol. The van der Waals surface area contributed by atoms with E-state index < -0.39 is 17.0 Å². The van der Waals surface area contributed by atoms with Gasteiger partial charge in [-0.1, -0.05) is 24.6 Å². The summed E-state index contributed by atoms with van der Waals surface area (Å²) < 4.78 is 25.6. The molecule has 2 amide bonds. The molecule has 164 valence electrons. The van der Waals surface area contributed by atoms with Crippen molar-refractivity contribution in [2.75, 3.05) is 13.2 Å². The molecule has 0 N–H and O–H groups in total. The maximum Gasteiger partial charge on any atom is 0.293 e. The molecule has 1 aliphatic heterocycles. The van der Waals surface area contributed by atoms with Crippen LogP contribution in [0.4, 0.5) is 9.18 Å². The highest BCUT2D eigenvalue weighted by molar-refractivity contribution is 14.1. The average Bonchev–Trinajstić information content (AvgIpc) is 2.97. The number of thioether (sulfide) groups is 1. The van der Waals surface area contributed by atoms with Crippen LogP contribution in [0.2, 0.25) is 5.02 Å². The summed E-state index contributed by atoms with van der Waals surface area (Å²) in [5.74, 6) is 0.357. The van der Waals surface area contributed by atoms with Crippen molar-refractivity contribution in [2.45, 2.75) is 26.8 Å². The van der Waals surface area contributed by atoms with Crippen molar-refractivity contribution in [1.82, 2.24) is 4.90 Å². The molecule has 0 unspecified atom stereocenters. The topological polar surface area (TPSA) is 55.8 Å². The highest BCUT2D eigenvalue weighted by atomic mass is 127. The lowest BCUT2D eigenvalue weighted by Crippen LogP contribution is -2.27. The van der Waals surface area contributed by atoms with Gasteiger partial charge in [0.15, 0.2) is 11.5 Å². The number of carbonyl (C=O) groups excluding carboxylic acids is 2. The molecule has 0 spiro atoms. The summed E-state index contributed by atoms with van der Waals surface area (Å²) in [6.45, 7) is 4.93. The fourth-order valence-electron chi connectivity index (χ4n) is 2.89. The van der Waals surface area contributed by atoms with Crippen LogP contribution in [0.15, 0.2) is 35.2 Å². The summed E-state index contributed by atoms with van der Waals surface area (Å²) in [5.41, 5.74) is 1.22. The lowest BCUT2D eigenvalue weighted by atomic mass is 10.1. The summed E-state index contributed by atoms with van der Waals surface area (Å²) in [5, 5.41) is -0.235. The van der Waals surface area contributed by atoms with E-state index >= 15 is 0 Å². The van der Waals surface area contributed by atoms with Crippen LogP contribution >= 0.6 is 46.0 Å². The molecule has 5 nitrogen and oxygen atoms in total. The second-order valence-electron chi connectivity index (χ2n) is 6.62. The van der Waals surface area contributed by atoms with E-state index in [2.05, 4.69) is 22.6 Å². The van der Waals surface area contributed by atoms with Gasteiger partial charge in [0.2, 0.25) is 0 Å². The van der Waals surface area contributed by atoms with E-state index in [1.165, 1.54) is 12.1 Å². The Bertz CT molecular complexity index is 1050. The third-order valence-corrected chi connectivity index (χ3v) is 6.36. The molecule has 31 heavy (non-hydrogen) atoms. The molecule has 2 aromatic rings. The molecule has 0 bridgehead atoms. The minimum Gasteiger partial charge on any atom is -0.490 e. The van der Waals surface area contributed by atoms with E-state index in [1.807, 2.05) is 19.9 Å². The number of ether oxygens (including phenoxy) is 2. The smallest absolute Gasteiger partial charge is 0.293 e. The summed E-state index contributed by atoms with van der Waals surface area (Å²) in [4.78, 5) is 26.7. The molecule has 0 atom stereocenters. The molecule has 0 aliphatic carbocycles. The molecule has 1 saturated heterocycles. The van der Waals surface area contributed by atoms with E-state index in [0.717, 1.165) is 38.3 Å². The Balaban J connectivity index is 1.86. The lowest BCUT2D eigenvalue weighted by molar-refractivity contribution is -0.123. The van der Waals surface area contributed by atoms with Gasteiger partial charge in [0.25, 0.3) is 11.1 Å². The first-order valence-electron chi connectivity index (χ1n) is 9.62. The van der Waals surface area contributed by atoms with Crippen LogP contribution in [0, 0.1) is 9.39 Å².